The fourth-order valence-electron chi connectivity index (χ4n) is 3.23. The van der Waals surface area contributed by atoms with Gasteiger partial charge < -0.3 is 4.74 Å². The zero-order valence-electron chi connectivity index (χ0n) is 19.0. The van der Waals surface area contributed by atoms with Crippen LogP contribution in [0.5, 0.6) is 11.5 Å². The summed E-state index contributed by atoms with van der Waals surface area (Å²) >= 11 is 0. The van der Waals surface area contributed by atoms with Crippen LogP contribution in [-0.4, -0.2) is 14.1 Å². The maximum Gasteiger partial charge on any atom is 0.282 e. The van der Waals surface area contributed by atoms with Gasteiger partial charge in [0.2, 0.25) is 0 Å². The van der Waals surface area contributed by atoms with Crippen molar-refractivity contribution >= 4 is 21.8 Å². The smallest absolute Gasteiger partial charge is 0.282 e. The van der Waals surface area contributed by atoms with Crippen molar-refractivity contribution in [2.24, 2.45) is 4.40 Å². The van der Waals surface area contributed by atoms with Crippen LogP contribution in [0, 0.1) is 18.3 Å². The van der Waals surface area contributed by atoms with E-state index in [9.17, 15) is 8.42 Å². The summed E-state index contributed by atoms with van der Waals surface area (Å²) in [6.45, 7) is 1.89. The predicted octanol–water partition coefficient (Wildman–Crippen LogP) is 6.55. The van der Waals surface area contributed by atoms with E-state index in [0.717, 1.165) is 11.1 Å². The van der Waals surface area contributed by atoms with E-state index in [-0.39, 0.29) is 10.6 Å². The van der Waals surface area contributed by atoms with Crippen molar-refractivity contribution in [3.05, 3.63) is 131 Å². The Morgan fingerprint density at radius 2 is 1.46 bits per heavy atom. The fraction of sp³-hybridized carbons (Fsp3) is 0.0345. The Hall–Kier alpha value is -4.47. The molecule has 0 aromatic heterocycles. The number of nitrogens with zero attached hydrogens (tertiary/aromatic N) is 2. The Labute approximate surface area is 205 Å². The number of benzene rings is 4. The minimum atomic E-state index is -3.94. The summed E-state index contributed by atoms with van der Waals surface area (Å²) in [5, 5.41) is 9.00. The summed E-state index contributed by atoms with van der Waals surface area (Å²) < 4.78 is 36.1. The molecule has 6 heteroatoms. The third-order valence-electron chi connectivity index (χ3n) is 5.14. The molecule has 4 rings (SSSR count). The second kappa shape index (κ2) is 10.6. The standard InChI is InChI=1S/C29H22N2O3S/c1-22-7-18-28(19-8-22)35(32,33)31-29(20-13-23-9-11-24(21-30)12-10-23)25-14-16-27(17-15-25)34-26-5-3-2-4-6-26/h2-20H,1H3/b20-13+,31-29-. The first kappa shape index (κ1) is 23.7. The van der Waals surface area contributed by atoms with Gasteiger partial charge in [-0.3, -0.25) is 0 Å². The van der Waals surface area contributed by atoms with Gasteiger partial charge in [-0.2, -0.15) is 18.1 Å². The van der Waals surface area contributed by atoms with Crippen molar-refractivity contribution < 1.29 is 13.2 Å². The number of hydrogen-bond acceptors (Lipinski definition) is 4. The highest BCUT2D eigenvalue weighted by molar-refractivity contribution is 7.90. The highest BCUT2D eigenvalue weighted by atomic mass is 32.2. The van der Waals surface area contributed by atoms with Crippen molar-refractivity contribution in [2.75, 3.05) is 0 Å². The van der Waals surface area contributed by atoms with E-state index in [1.807, 2.05) is 37.3 Å². The van der Waals surface area contributed by atoms with Crippen LogP contribution >= 0.6 is 0 Å². The molecule has 0 aliphatic rings. The van der Waals surface area contributed by atoms with Crippen molar-refractivity contribution in [3.8, 4) is 17.6 Å². The van der Waals surface area contributed by atoms with Gasteiger partial charge in [-0.25, -0.2) is 0 Å². The van der Waals surface area contributed by atoms with Gasteiger partial charge >= 0.3 is 0 Å². The largest absolute Gasteiger partial charge is 0.457 e. The van der Waals surface area contributed by atoms with Gasteiger partial charge in [0, 0.05) is 5.56 Å². The Balaban J connectivity index is 1.69. The molecule has 0 unspecified atom stereocenters. The van der Waals surface area contributed by atoms with E-state index in [0.29, 0.717) is 22.6 Å². The molecule has 0 amide bonds. The molecule has 0 atom stereocenters. The molecule has 0 heterocycles. The van der Waals surface area contributed by atoms with Gasteiger partial charge in [-0.05, 0) is 79.2 Å². The van der Waals surface area contributed by atoms with Crippen LogP contribution in [0.3, 0.4) is 0 Å². The number of allylic oxidation sites excluding steroid dienone is 1. The summed E-state index contributed by atoms with van der Waals surface area (Å²) in [6.07, 6.45) is 3.42. The summed E-state index contributed by atoms with van der Waals surface area (Å²) in [5.74, 6) is 1.33. The number of rotatable bonds is 7. The van der Waals surface area contributed by atoms with E-state index >= 15 is 0 Å². The lowest BCUT2D eigenvalue weighted by atomic mass is 10.1. The van der Waals surface area contributed by atoms with Crippen LogP contribution in [0.1, 0.15) is 22.3 Å². The summed E-state index contributed by atoms with van der Waals surface area (Å²) in [7, 11) is -3.94. The van der Waals surface area contributed by atoms with Crippen LogP contribution in [0.2, 0.25) is 0 Å². The average Bonchev–Trinajstić information content (AvgIpc) is 2.88. The van der Waals surface area contributed by atoms with E-state index < -0.39 is 10.0 Å². The molecule has 0 radical (unpaired) electrons. The lowest BCUT2D eigenvalue weighted by Crippen LogP contribution is -2.04. The Kier molecular flexibility index (Phi) is 7.20. The monoisotopic (exact) mass is 478 g/mol. The van der Waals surface area contributed by atoms with Crippen molar-refractivity contribution in [2.45, 2.75) is 11.8 Å². The number of hydrogen-bond donors (Lipinski definition) is 0. The molecule has 0 aliphatic carbocycles. The SMILES string of the molecule is Cc1ccc(S(=O)(=O)/N=C(/C=C/c2ccc(C#N)cc2)c2ccc(Oc3ccccc3)cc2)cc1. The van der Waals surface area contributed by atoms with Crippen LogP contribution in [-0.2, 0) is 10.0 Å². The van der Waals surface area contributed by atoms with Gasteiger partial charge in [0.05, 0.1) is 22.2 Å². The second-order valence-corrected chi connectivity index (χ2v) is 9.38. The molecule has 0 fully saturated rings. The highest BCUT2D eigenvalue weighted by Gasteiger charge is 2.14. The van der Waals surface area contributed by atoms with Crippen LogP contribution in [0.4, 0.5) is 0 Å². The van der Waals surface area contributed by atoms with Crippen molar-refractivity contribution in [1.82, 2.24) is 0 Å². The van der Waals surface area contributed by atoms with E-state index in [4.69, 9.17) is 10.00 Å². The molecule has 5 nitrogen and oxygen atoms in total. The van der Waals surface area contributed by atoms with E-state index in [2.05, 4.69) is 10.5 Å². The Morgan fingerprint density at radius 3 is 2.09 bits per heavy atom. The molecular formula is C29H22N2O3S. The average molecular weight is 479 g/mol. The Morgan fingerprint density at radius 1 is 0.829 bits per heavy atom. The summed E-state index contributed by atoms with van der Waals surface area (Å²) in [5.41, 5.74) is 3.22. The lowest BCUT2D eigenvalue weighted by molar-refractivity contribution is 0.482. The summed E-state index contributed by atoms with van der Waals surface area (Å²) in [4.78, 5) is 0.122. The molecule has 0 N–H and O–H groups in total. The quantitative estimate of drug-likeness (QED) is 0.282. The first-order valence-electron chi connectivity index (χ1n) is 10.9. The molecule has 0 saturated carbocycles. The van der Waals surface area contributed by atoms with Gasteiger partial charge in [0.1, 0.15) is 11.5 Å². The molecule has 35 heavy (non-hydrogen) atoms. The molecule has 0 aliphatic heterocycles. The number of aryl methyl sites for hydroxylation is 1. The number of ether oxygens (including phenoxy) is 1. The third kappa shape index (κ3) is 6.32. The predicted molar refractivity (Wildman–Crippen MR) is 138 cm³/mol. The molecular weight excluding hydrogens is 456 g/mol. The van der Waals surface area contributed by atoms with E-state index in [1.54, 1.807) is 84.9 Å². The number of para-hydroxylation sites is 1. The van der Waals surface area contributed by atoms with Crippen molar-refractivity contribution in [3.63, 3.8) is 0 Å². The fourth-order valence-corrected chi connectivity index (χ4v) is 4.24. The van der Waals surface area contributed by atoms with Crippen LogP contribution in [0.25, 0.3) is 6.08 Å². The van der Waals surface area contributed by atoms with Gasteiger partial charge in [0.15, 0.2) is 0 Å². The molecule has 172 valence electrons. The van der Waals surface area contributed by atoms with Gasteiger partial charge in [-0.1, -0.05) is 54.1 Å². The molecule has 4 aromatic rings. The van der Waals surface area contributed by atoms with Gasteiger partial charge in [0.25, 0.3) is 10.0 Å². The zero-order chi connectivity index (χ0) is 24.7. The first-order chi connectivity index (χ1) is 16.9. The molecule has 0 spiro atoms. The maximum absolute atomic E-state index is 13.0. The Bertz CT molecular complexity index is 1500. The van der Waals surface area contributed by atoms with Gasteiger partial charge in [-0.15, -0.1) is 0 Å². The minimum Gasteiger partial charge on any atom is -0.457 e. The molecule has 0 bridgehead atoms. The summed E-state index contributed by atoms with van der Waals surface area (Å²) in [6, 6.07) is 32.1. The first-order valence-corrected chi connectivity index (χ1v) is 12.3. The lowest BCUT2D eigenvalue weighted by Gasteiger charge is -2.08. The number of sulfonamides is 1. The molecule has 0 saturated heterocycles. The van der Waals surface area contributed by atoms with Crippen LogP contribution < -0.4 is 4.74 Å². The maximum atomic E-state index is 13.0. The normalized spacial score (nSPS) is 11.8. The number of nitriles is 1. The highest BCUT2D eigenvalue weighted by Crippen LogP contribution is 2.23. The second-order valence-electron chi connectivity index (χ2n) is 7.77. The third-order valence-corrected chi connectivity index (χ3v) is 6.44. The van der Waals surface area contributed by atoms with E-state index in [1.165, 1.54) is 0 Å². The zero-order valence-corrected chi connectivity index (χ0v) is 19.8. The minimum absolute atomic E-state index is 0.122. The van der Waals surface area contributed by atoms with Crippen LogP contribution in [0.15, 0.2) is 118 Å². The molecule has 4 aromatic carbocycles. The topological polar surface area (TPSA) is 79.5 Å². The van der Waals surface area contributed by atoms with Crippen molar-refractivity contribution in [1.29, 1.82) is 5.26 Å².